The van der Waals surface area contributed by atoms with Crippen molar-refractivity contribution in [2.24, 2.45) is 4.99 Å². The second-order valence-corrected chi connectivity index (χ2v) is 7.10. The molecule has 2 aromatic carbocycles. The van der Waals surface area contributed by atoms with Gasteiger partial charge in [-0.25, -0.2) is 4.79 Å². The fraction of sp³-hybridized carbons (Fsp3) is 0.0952. The number of nitro groups is 1. The van der Waals surface area contributed by atoms with E-state index in [1.54, 1.807) is 36.4 Å². The summed E-state index contributed by atoms with van der Waals surface area (Å²) in [6.45, 7) is 4.16. The molecule has 0 aliphatic carbocycles. The first-order valence-corrected chi connectivity index (χ1v) is 9.58. The molecule has 9 heteroatoms. The number of hydrogen-bond acceptors (Lipinski definition) is 6. The second-order valence-electron chi connectivity index (χ2n) is 6.09. The Morgan fingerprint density at radius 2 is 2.10 bits per heavy atom. The molecule has 1 aromatic heterocycles. The highest BCUT2D eigenvalue weighted by atomic mass is 32.1. The first-order chi connectivity index (χ1) is 14.4. The maximum atomic E-state index is 12.4. The van der Waals surface area contributed by atoms with Crippen LogP contribution in [0.3, 0.4) is 0 Å². The Morgan fingerprint density at radius 1 is 1.30 bits per heavy atom. The van der Waals surface area contributed by atoms with Crippen molar-refractivity contribution in [3.8, 4) is 0 Å². The number of non-ortho nitro benzene ring substituents is 1. The van der Waals surface area contributed by atoms with Crippen LogP contribution in [0.1, 0.15) is 15.9 Å². The van der Waals surface area contributed by atoms with Gasteiger partial charge in [0.1, 0.15) is 0 Å². The van der Waals surface area contributed by atoms with E-state index in [4.69, 9.17) is 4.74 Å². The smallest absolute Gasteiger partial charge is 0.337 e. The van der Waals surface area contributed by atoms with Crippen LogP contribution in [0.15, 0.2) is 66.2 Å². The molecule has 152 valence electrons. The van der Waals surface area contributed by atoms with E-state index < -0.39 is 16.8 Å². The standard InChI is InChI=1S/C21H17N3O5S/c1-3-11-23-17-9-8-15(20(26)29-2)13-18(17)30-21(23)22-19(25)10-7-14-5-4-6-16(12-14)24(27)28/h3-10,12-13H,1,11H2,2H3/b10-7+,22-21?. The minimum Gasteiger partial charge on any atom is -0.465 e. The highest BCUT2D eigenvalue weighted by Crippen LogP contribution is 2.20. The molecule has 0 atom stereocenters. The van der Waals surface area contributed by atoms with Crippen LogP contribution < -0.4 is 4.80 Å². The molecular formula is C21H17N3O5S. The fourth-order valence-corrected chi connectivity index (χ4v) is 3.83. The van der Waals surface area contributed by atoms with Gasteiger partial charge in [-0.1, -0.05) is 29.5 Å². The summed E-state index contributed by atoms with van der Waals surface area (Å²) in [5.74, 6) is -0.964. The molecule has 0 saturated heterocycles. The molecule has 30 heavy (non-hydrogen) atoms. The number of allylic oxidation sites excluding steroid dienone is 1. The molecule has 8 nitrogen and oxygen atoms in total. The molecule has 0 fully saturated rings. The van der Waals surface area contributed by atoms with E-state index in [0.29, 0.717) is 22.5 Å². The van der Waals surface area contributed by atoms with E-state index in [1.807, 2.05) is 4.57 Å². The van der Waals surface area contributed by atoms with Gasteiger partial charge in [-0.05, 0) is 29.8 Å². The number of esters is 1. The van der Waals surface area contributed by atoms with Gasteiger partial charge >= 0.3 is 5.97 Å². The lowest BCUT2D eigenvalue weighted by molar-refractivity contribution is -0.384. The maximum Gasteiger partial charge on any atom is 0.337 e. The molecule has 0 spiro atoms. The summed E-state index contributed by atoms with van der Waals surface area (Å²) in [7, 11) is 1.31. The Morgan fingerprint density at radius 3 is 2.80 bits per heavy atom. The topological polar surface area (TPSA) is 104 Å². The van der Waals surface area contributed by atoms with E-state index in [2.05, 4.69) is 11.6 Å². The van der Waals surface area contributed by atoms with Gasteiger partial charge in [0.15, 0.2) is 4.80 Å². The van der Waals surface area contributed by atoms with Gasteiger partial charge in [0.25, 0.3) is 11.6 Å². The number of ether oxygens (including phenoxy) is 1. The number of amides is 1. The van der Waals surface area contributed by atoms with Crippen LogP contribution in [0, 0.1) is 10.1 Å². The number of benzene rings is 2. The molecule has 0 saturated carbocycles. The Balaban J connectivity index is 1.97. The van der Waals surface area contributed by atoms with Crippen molar-refractivity contribution in [3.05, 3.63) is 87.2 Å². The number of carbonyl (C=O) groups excluding carboxylic acids is 2. The molecule has 3 aromatic rings. The second kappa shape index (κ2) is 9.10. The molecule has 0 N–H and O–H groups in total. The number of carbonyl (C=O) groups is 2. The van der Waals surface area contributed by atoms with Crippen LogP contribution in [-0.4, -0.2) is 28.5 Å². The molecule has 0 aliphatic rings. The summed E-state index contributed by atoms with van der Waals surface area (Å²) in [4.78, 5) is 39.1. The number of thiazole rings is 1. The van der Waals surface area contributed by atoms with E-state index in [-0.39, 0.29) is 5.69 Å². The highest BCUT2D eigenvalue weighted by molar-refractivity contribution is 7.16. The Kier molecular flexibility index (Phi) is 6.33. The van der Waals surface area contributed by atoms with Crippen LogP contribution in [0.25, 0.3) is 16.3 Å². The molecule has 0 aliphatic heterocycles. The number of methoxy groups -OCH3 is 1. The van der Waals surface area contributed by atoms with Gasteiger partial charge in [-0.2, -0.15) is 4.99 Å². The number of nitro benzene ring substituents is 1. The fourth-order valence-electron chi connectivity index (χ4n) is 2.75. The Bertz CT molecular complexity index is 1250. The van der Waals surface area contributed by atoms with Crippen LogP contribution in [0.5, 0.6) is 0 Å². The van der Waals surface area contributed by atoms with E-state index in [9.17, 15) is 19.7 Å². The van der Waals surface area contributed by atoms with Gasteiger partial charge in [0, 0.05) is 24.8 Å². The molecule has 3 rings (SSSR count). The minimum absolute atomic E-state index is 0.0590. The summed E-state index contributed by atoms with van der Waals surface area (Å²) < 4.78 is 7.33. The lowest BCUT2D eigenvalue weighted by Gasteiger charge is -2.02. The molecule has 0 radical (unpaired) electrons. The first-order valence-electron chi connectivity index (χ1n) is 8.76. The number of hydrogen-bond donors (Lipinski definition) is 0. The van der Waals surface area contributed by atoms with Gasteiger partial charge in [0.05, 0.1) is 27.8 Å². The van der Waals surface area contributed by atoms with Gasteiger partial charge in [0.2, 0.25) is 0 Å². The van der Waals surface area contributed by atoms with E-state index in [0.717, 1.165) is 10.2 Å². The number of nitrogens with zero attached hydrogens (tertiary/aromatic N) is 3. The summed E-state index contributed by atoms with van der Waals surface area (Å²) in [6.07, 6.45) is 4.41. The van der Waals surface area contributed by atoms with E-state index >= 15 is 0 Å². The zero-order valence-electron chi connectivity index (χ0n) is 16.0. The third-order valence-electron chi connectivity index (χ3n) is 4.12. The predicted octanol–water partition coefficient (Wildman–Crippen LogP) is 3.72. The molecule has 1 heterocycles. The zero-order valence-corrected chi connectivity index (χ0v) is 16.8. The third kappa shape index (κ3) is 4.58. The quantitative estimate of drug-likeness (QED) is 0.198. The molecule has 1 amide bonds. The van der Waals surface area contributed by atoms with Crippen molar-refractivity contribution < 1.29 is 19.2 Å². The lowest BCUT2D eigenvalue weighted by atomic mass is 10.2. The van der Waals surface area contributed by atoms with Gasteiger partial charge < -0.3 is 9.30 Å². The van der Waals surface area contributed by atoms with Crippen molar-refractivity contribution in [2.45, 2.75) is 6.54 Å². The SMILES string of the molecule is C=CCn1c(=NC(=O)/C=C/c2cccc([N+](=O)[O-])c2)sc2cc(C(=O)OC)ccc21. The Labute approximate surface area is 175 Å². The summed E-state index contributed by atoms with van der Waals surface area (Å²) in [5, 5.41) is 10.9. The van der Waals surface area contributed by atoms with Gasteiger partial charge in [-0.3, -0.25) is 14.9 Å². The van der Waals surface area contributed by atoms with Crippen molar-refractivity contribution >= 4 is 45.2 Å². The van der Waals surface area contributed by atoms with Crippen LogP contribution in [-0.2, 0) is 16.1 Å². The summed E-state index contributed by atoms with van der Waals surface area (Å²) in [5.41, 5.74) is 1.67. The third-order valence-corrected chi connectivity index (χ3v) is 5.16. The number of fused-ring (bicyclic) bond motifs is 1. The van der Waals surface area contributed by atoms with Crippen LogP contribution in [0.2, 0.25) is 0 Å². The average Bonchev–Trinajstić information content (AvgIpc) is 3.08. The maximum absolute atomic E-state index is 12.4. The van der Waals surface area contributed by atoms with Crippen LogP contribution >= 0.6 is 11.3 Å². The summed E-state index contributed by atoms with van der Waals surface area (Å²) >= 11 is 1.26. The number of aromatic nitrogens is 1. The molecule has 0 unspecified atom stereocenters. The van der Waals surface area contributed by atoms with Crippen molar-refractivity contribution in [3.63, 3.8) is 0 Å². The van der Waals surface area contributed by atoms with Gasteiger partial charge in [-0.15, -0.1) is 6.58 Å². The summed E-state index contributed by atoms with van der Waals surface area (Å²) in [6, 6.07) is 11.0. The van der Waals surface area contributed by atoms with E-state index in [1.165, 1.54) is 42.7 Å². The lowest BCUT2D eigenvalue weighted by Crippen LogP contribution is -2.15. The minimum atomic E-state index is -0.515. The zero-order chi connectivity index (χ0) is 21.7. The highest BCUT2D eigenvalue weighted by Gasteiger charge is 2.11. The Hall–Kier alpha value is -3.85. The predicted molar refractivity (Wildman–Crippen MR) is 114 cm³/mol. The van der Waals surface area contributed by atoms with Crippen molar-refractivity contribution in [2.75, 3.05) is 7.11 Å². The monoisotopic (exact) mass is 423 g/mol. The van der Waals surface area contributed by atoms with Crippen LogP contribution in [0.4, 0.5) is 5.69 Å². The molecule has 0 bridgehead atoms. The van der Waals surface area contributed by atoms with Crippen molar-refractivity contribution in [1.82, 2.24) is 4.57 Å². The molecular weight excluding hydrogens is 406 g/mol. The number of rotatable bonds is 6. The largest absolute Gasteiger partial charge is 0.465 e. The normalized spacial score (nSPS) is 11.7. The average molecular weight is 423 g/mol. The van der Waals surface area contributed by atoms with Crippen molar-refractivity contribution in [1.29, 1.82) is 0 Å². The first kappa shape index (κ1) is 20.9.